The van der Waals surface area contributed by atoms with E-state index in [9.17, 15) is 9.18 Å². The van der Waals surface area contributed by atoms with E-state index in [1.165, 1.54) is 13.2 Å². The van der Waals surface area contributed by atoms with E-state index in [0.29, 0.717) is 5.56 Å². The first-order valence-corrected chi connectivity index (χ1v) is 5.83. The average molecular weight is 262 g/mol. The number of carbonyl (C=O) groups is 1. The smallest absolute Gasteiger partial charge is 0.337 e. The molecule has 5 heteroatoms. The highest BCUT2D eigenvalue weighted by molar-refractivity contribution is 5.91. The largest absolute Gasteiger partial charge is 0.465 e. The van der Waals surface area contributed by atoms with Crippen LogP contribution >= 0.6 is 0 Å². The average Bonchev–Trinajstić information content (AvgIpc) is 2.61. The summed E-state index contributed by atoms with van der Waals surface area (Å²) in [5.74, 6) is -1.03. The standard InChI is InChI=1S/C14H15FN2O2/c1-8-13(9(2)17(3)16-8)10-5-11(14(18)19-4)7-12(15)6-10/h5-7H,1-4H3. The number of carbonyl (C=O) groups excluding carboxylic acids is 1. The summed E-state index contributed by atoms with van der Waals surface area (Å²) in [6.45, 7) is 3.75. The van der Waals surface area contributed by atoms with Crippen LogP contribution in [0, 0.1) is 19.7 Å². The zero-order valence-electron chi connectivity index (χ0n) is 11.3. The van der Waals surface area contributed by atoms with Crippen molar-refractivity contribution >= 4 is 5.97 Å². The molecular weight excluding hydrogens is 247 g/mol. The summed E-state index contributed by atoms with van der Waals surface area (Å²) in [4.78, 5) is 11.5. The van der Waals surface area contributed by atoms with Crippen molar-refractivity contribution in [2.45, 2.75) is 13.8 Å². The van der Waals surface area contributed by atoms with Crippen LogP contribution in [0.4, 0.5) is 4.39 Å². The number of aryl methyl sites for hydroxylation is 2. The fourth-order valence-electron chi connectivity index (χ4n) is 2.16. The van der Waals surface area contributed by atoms with Crippen LogP contribution < -0.4 is 0 Å². The van der Waals surface area contributed by atoms with E-state index in [1.807, 2.05) is 20.9 Å². The summed E-state index contributed by atoms with van der Waals surface area (Å²) in [5.41, 5.74) is 3.37. The van der Waals surface area contributed by atoms with Crippen LogP contribution in [0.25, 0.3) is 11.1 Å². The van der Waals surface area contributed by atoms with Gasteiger partial charge in [0.25, 0.3) is 0 Å². The van der Waals surface area contributed by atoms with Crippen LogP contribution in [0.1, 0.15) is 21.7 Å². The fraction of sp³-hybridized carbons (Fsp3) is 0.286. The molecule has 1 heterocycles. The molecule has 1 aromatic heterocycles. The summed E-state index contributed by atoms with van der Waals surface area (Å²) in [7, 11) is 3.10. The van der Waals surface area contributed by atoms with Gasteiger partial charge in [0.2, 0.25) is 0 Å². The van der Waals surface area contributed by atoms with Crippen LogP contribution in [0.15, 0.2) is 18.2 Å². The van der Waals surface area contributed by atoms with Crippen LogP contribution in [0.5, 0.6) is 0 Å². The third-order valence-electron chi connectivity index (χ3n) is 3.12. The Morgan fingerprint density at radius 1 is 1.32 bits per heavy atom. The molecular formula is C14H15FN2O2. The van der Waals surface area contributed by atoms with E-state index >= 15 is 0 Å². The quantitative estimate of drug-likeness (QED) is 0.781. The third kappa shape index (κ3) is 2.36. The van der Waals surface area contributed by atoms with Crippen LogP contribution in [0.3, 0.4) is 0 Å². The topological polar surface area (TPSA) is 44.1 Å². The van der Waals surface area contributed by atoms with Gasteiger partial charge in [0.15, 0.2) is 0 Å². The molecule has 0 bridgehead atoms. The van der Waals surface area contributed by atoms with E-state index in [1.54, 1.807) is 10.7 Å². The van der Waals surface area contributed by atoms with Gasteiger partial charge in [-0.1, -0.05) is 0 Å². The van der Waals surface area contributed by atoms with Gasteiger partial charge in [0.1, 0.15) is 5.82 Å². The molecule has 0 saturated heterocycles. The maximum absolute atomic E-state index is 13.6. The Labute approximate surface area is 110 Å². The minimum atomic E-state index is -0.556. The SMILES string of the molecule is COC(=O)c1cc(F)cc(-c2c(C)nn(C)c2C)c1. The zero-order valence-corrected chi connectivity index (χ0v) is 11.3. The van der Waals surface area contributed by atoms with Crippen molar-refractivity contribution in [3.63, 3.8) is 0 Å². The Morgan fingerprint density at radius 2 is 2.00 bits per heavy atom. The maximum atomic E-state index is 13.6. The molecule has 0 saturated carbocycles. The Hall–Kier alpha value is -2.17. The fourth-order valence-corrected chi connectivity index (χ4v) is 2.16. The van der Waals surface area contributed by atoms with Crippen molar-refractivity contribution in [1.29, 1.82) is 0 Å². The number of ether oxygens (including phenoxy) is 1. The van der Waals surface area contributed by atoms with Crippen molar-refractivity contribution in [3.05, 3.63) is 41.0 Å². The number of rotatable bonds is 2. The second-order valence-electron chi connectivity index (χ2n) is 4.39. The van der Waals surface area contributed by atoms with Crippen LogP contribution in [-0.4, -0.2) is 22.9 Å². The van der Waals surface area contributed by atoms with Gasteiger partial charge >= 0.3 is 5.97 Å². The van der Waals surface area contributed by atoms with Crippen molar-refractivity contribution in [2.24, 2.45) is 7.05 Å². The van der Waals surface area contributed by atoms with E-state index in [4.69, 9.17) is 0 Å². The molecule has 0 aliphatic heterocycles. The van der Waals surface area contributed by atoms with E-state index < -0.39 is 11.8 Å². The normalized spacial score (nSPS) is 10.6. The van der Waals surface area contributed by atoms with E-state index in [-0.39, 0.29) is 5.56 Å². The molecule has 2 rings (SSSR count). The molecule has 0 unspecified atom stereocenters. The molecule has 1 aromatic carbocycles. The molecule has 0 atom stereocenters. The molecule has 0 spiro atoms. The van der Waals surface area contributed by atoms with E-state index in [0.717, 1.165) is 23.0 Å². The number of hydrogen-bond acceptors (Lipinski definition) is 3. The Morgan fingerprint density at radius 3 is 2.53 bits per heavy atom. The molecule has 0 aliphatic carbocycles. The number of hydrogen-bond donors (Lipinski definition) is 0. The second kappa shape index (κ2) is 4.84. The zero-order chi connectivity index (χ0) is 14.2. The highest BCUT2D eigenvalue weighted by Gasteiger charge is 2.15. The summed E-state index contributed by atoms with van der Waals surface area (Å²) in [5, 5.41) is 4.29. The minimum absolute atomic E-state index is 0.195. The number of benzene rings is 1. The minimum Gasteiger partial charge on any atom is -0.465 e. The van der Waals surface area contributed by atoms with Crippen molar-refractivity contribution < 1.29 is 13.9 Å². The lowest BCUT2D eigenvalue weighted by atomic mass is 10.0. The van der Waals surface area contributed by atoms with Gasteiger partial charge in [0.05, 0.1) is 18.4 Å². The van der Waals surface area contributed by atoms with Gasteiger partial charge in [0, 0.05) is 18.3 Å². The molecule has 2 aromatic rings. The van der Waals surface area contributed by atoms with E-state index in [2.05, 4.69) is 9.84 Å². The molecule has 4 nitrogen and oxygen atoms in total. The molecule has 0 amide bonds. The second-order valence-corrected chi connectivity index (χ2v) is 4.39. The number of methoxy groups -OCH3 is 1. The van der Waals surface area contributed by atoms with Gasteiger partial charge in [-0.2, -0.15) is 5.10 Å². The van der Waals surface area contributed by atoms with Crippen LogP contribution in [0.2, 0.25) is 0 Å². The highest BCUT2D eigenvalue weighted by atomic mass is 19.1. The van der Waals surface area contributed by atoms with Gasteiger partial charge < -0.3 is 4.74 Å². The van der Waals surface area contributed by atoms with Gasteiger partial charge in [-0.15, -0.1) is 0 Å². The molecule has 0 N–H and O–H groups in total. The van der Waals surface area contributed by atoms with Gasteiger partial charge in [-0.3, -0.25) is 4.68 Å². The third-order valence-corrected chi connectivity index (χ3v) is 3.12. The molecule has 19 heavy (non-hydrogen) atoms. The molecule has 100 valence electrons. The number of halogens is 1. The Balaban J connectivity index is 2.62. The number of nitrogens with zero attached hydrogens (tertiary/aromatic N) is 2. The molecule has 0 aliphatic rings. The lowest BCUT2D eigenvalue weighted by Gasteiger charge is -2.06. The Kier molecular flexibility index (Phi) is 3.38. The first-order valence-electron chi connectivity index (χ1n) is 5.83. The summed E-state index contributed by atoms with van der Waals surface area (Å²) >= 11 is 0. The summed E-state index contributed by atoms with van der Waals surface area (Å²) in [6.07, 6.45) is 0. The first kappa shape index (κ1) is 13.3. The molecule has 0 radical (unpaired) electrons. The predicted octanol–water partition coefficient (Wildman–Crippen LogP) is 2.63. The highest BCUT2D eigenvalue weighted by Crippen LogP contribution is 2.28. The summed E-state index contributed by atoms with van der Waals surface area (Å²) < 4.78 is 20.0. The molecule has 0 fully saturated rings. The maximum Gasteiger partial charge on any atom is 0.337 e. The van der Waals surface area contributed by atoms with Crippen molar-refractivity contribution in [3.8, 4) is 11.1 Å². The lowest BCUT2D eigenvalue weighted by Crippen LogP contribution is -2.02. The van der Waals surface area contributed by atoms with Crippen molar-refractivity contribution in [1.82, 2.24) is 9.78 Å². The lowest BCUT2D eigenvalue weighted by molar-refractivity contribution is 0.0600. The number of aromatic nitrogens is 2. The van der Waals surface area contributed by atoms with Gasteiger partial charge in [-0.05, 0) is 37.6 Å². The summed E-state index contributed by atoms with van der Waals surface area (Å²) in [6, 6.07) is 4.17. The number of esters is 1. The monoisotopic (exact) mass is 262 g/mol. The predicted molar refractivity (Wildman–Crippen MR) is 69.4 cm³/mol. The van der Waals surface area contributed by atoms with Gasteiger partial charge in [-0.25, -0.2) is 9.18 Å². The van der Waals surface area contributed by atoms with Crippen LogP contribution in [-0.2, 0) is 11.8 Å². The van der Waals surface area contributed by atoms with Crippen molar-refractivity contribution in [2.75, 3.05) is 7.11 Å². The first-order chi connectivity index (χ1) is 8.93. The Bertz CT molecular complexity index is 647.